The number of ether oxygens (including phenoxy) is 1. The first-order valence-electron chi connectivity index (χ1n) is 5.52. The van der Waals surface area contributed by atoms with E-state index in [9.17, 15) is 8.78 Å². The van der Waals surface area contributed by atoms with E-state index in [-0.39, 0.29) is 5.75 Å². The molecule has 0 saturated heterocycles. The lowest BCUT2D eigenvalue weighted by molar-refractivity contribution is 0.305. The van der Waals surface area contributed by atoms with Gasteiger partial charge >= 0.3 is 0 Å². The highest BCUT2D eigenvalue weighted by Gasteiger charge is 2.12. The molecular formula is C12H17F2NOS. The second-order valence-electron chi connectivity index (χ2n) is 3.46. The number of rotatable bonds is 7. The summed E-state index contributed by atoms with van der Waals surface area (Å²) in [5.41, 5.74) is 0.567. The Hall–Kier alpha value is -0.810. The molecule has 0 spiro atoms. The van der Waals surface area contributed by atoms with Crippen molar-refractivity contribution in [1.29, 1.82) is 0 Å². The minimum Gasteiger partial charge on any atom is -0.487 e. The van der Waals surface area contributed by atoms with Gasteiger partial charge in [-0.3, -0.25) is 0 Å². The van der Waals surface area contributed by atoms with Crippen LogP contribution in [0.15, 0.2) is 12.1 Å². The fourth-order valence-corrected chi connectivity index (χ4v) is 1.89. The molecule has 0 aromatic heterocycles. The molecule has 0 radical (unpaired) electrons. The molecule has 0 fully saturated rings. The van der Waals surface area contributed by atoms with Crippen LogP contribution in [0.2, 0.25) is 0 Å². The van der Waals surface area contributed by atoms with Crippen molar-refractivity contribution in [1.82, 2.24) is 5.32 Å². The predicted molar refractivity (Wildman–Crippen MR) is 67.6 cm³/mol. The number of hydrogen-bond donors (Lipinski definition) is 1. The highest BCUT2D eigenvalue weighted by molar-refractivity contribution is 7.99. The molecule has 0 unspecified atom stereocenters. The number of nitrogens with one attached hydrogen (secondary N) is 1. The van der Waals surface area contributed by atoms with Gasteiger partial charge in [0, 0.05) is 12.3 Å². The maximum Gasteiger partial charge on any atom is 0.190 e. The summed E-state index contributed by atoms with van der Waals surface area (Å²) in [6.45, 7) is 2.77. The molecule has 17 heavy (non-hydrogen) atoms. The van der Waals surface area contributed by atoms with Crippen molar-refractivity contribution < 1.29 is 13.5 Å². The molecule has 1 rings (SSSR count). The summed E-state index contributed by atoms with van der Waals surface area (Å²) in [7, 11) is 1.72. The molecule has 0 amide bonds. The van der Waals surface area contributed by atoms with Gasteiger partial charge in [0.1, 0.15) is 0 Å². The summed E-state index contributed by atoms with van der Waals surface area (Å²) in [4.78, 5) is 0. The van der Waals surface area contributed by atoms with E-state index >= 15 is 0 Å². The SMILES string of the molecule is CCSCCOc1c(F)cc(CNC)cc1F. The van der Waals surface area contributed by atoms with Gasteiger partial charge < -0.3 is 10.1 Å². The van der Waals surface area contributed by atoms with Crippen molar-refractivity contribution in [3.8, 4) is 5.75 Å². The average molecular weight is 261 g/mol. The Kier molecular flexibility index (Phi) is 6.29. The van der Waals surface area contributed by atoms with Gasteiger partial charge in [0.05, 0.1) is 6.61 Å². The van der Waals surface area contributed by atoms with E-state index in [0.29, 0.717) is 18.7 Å². The number of benzene rings is 1. The zero-order chi connectivity index (χ0) is 12.7. The molecule has 1 aromatic carbocycles. The first-order chi connectivity index (χ1) is 8.19. The lowest BCUT2D eigenvalue weighted by Gasteiger charge is -2.09. The molecule has 0 heterocycles. The summed E-state index contributed by atoms with van der Waals surface area (Å²) in [5, 5.41) is 2.84. The third-order valence-corrected chi connectivity index (χ3v) is 2.98. The van der Waals surface area contributed by atoms with Crippen LogP contribution in [0.25, 0.3) is 0 Å². The van der Waals surface area contributed by atoms with Gasteiger partial charge in [0.15, 0.2) is 17.4 Å². The predicted octanol–water partition coefficient (Wildman–Crippen LogP) is 2.82. The van der Waals surface area contributed by atoms with Crippen molar-refractivity contribution in [2.45, 2.75) is 13.5 Å². The molecular weight excluding hydrogens is 244 g/mol. The maximum atomic E-state index is 13.5. The lowest BCUT2D eigenvalue weighted by Crippen LogP contribution is -2.08. The summed E-state index contributed by atoms with van der Waals surface area (Å²) in [6.07, 6.45) is 0. The van der Waals surface area contributed by atoms with Crippen molar-refractivity contribution in [3.63, 3.8) is 0 Å². The summed E-state index contributed by atoms with van der Waals surface area (Å²) in [5.74, 6) is 0.137. The van der Waals surface area contributed by atoms with E-state index in [1.54, 1.807) is 18.8 Å². The van der Waals surface area contributed by atoms with Gasteiger partial charge in [-0.1, -0.05) is 6.92 Å². The Morgan fingerprint density at radius 1 is 1.29 bits per heavy atom. The van der Waals surface area contributed by atoms with E-state index in [2.05, 4.69) is 5.32 Å². The molecule has 0 aliphatic carbocycles. The Labute approximate surface area is 105 Å². The zero-order valence-corrected chi connectivity index (χ0v) is 10.9. The second kappa shape index (κ2) is 7.50. The Morgan fingerprint density at radius 3 is 2.47 bits per heavy atom. The van der Waals surface area contributed by atoms with Crippen LogP contribution in [0, 0.1) is 11.6 Å². The van der Waals surface area contributed by atoms with Gasteiger partial charge in [-0.05, 0) is 30.5 Å². The molecule has 1 N–H and O–H groups in total. The molecule has 2 nitrogen and oxygen atoms in total. The van der Waals surface area contributed by atoms with E-state index in [0.717, 1.165) is 11.5 Å². The molecule has 0 aliphatic rings. The van der Waals surface area contributed by atoms with E-state index in [1.807, 2.05) is 6.92 Å². The Balaban J connectivity index is 2.65. The monoisotopic (exact) mass is 261 g/mol. The molecule has 0 saturated carbocycles. The average Bonchev–Trinajstić information content (AvgIpc) is 2.27. The topological polar surface area (TPSA) is 21.3 Å². The highest BCUT2D eigenvalue weighted by atomic mass is 32.2. The normalized spacial score (nSPS) is 10.6. The number of thioether (sulfide) groups is 1. The van der Waals surface area contributed by atoms with Crippen molar-refractivity contribution >= 4 is 11.8 Å². The maximum absolute atomic E-state index is 13.5. The lowest BCUT2D eigenvalue weighted by atomic mass is 10.2. The smallest absolute Gasteiger partial charge is 0.190 e. The summed E-state index contributed by atoms with van der Waals surface area (Å²) in [6, 6.07) is 2.59. The van der Waals surface area contributed by atoms with Gasteiger partial charge in [0.25, 0.3) is 0 Å². The van der Waals surface area contributed by atoms with Gasteiger partial charge in [0.2, 0.25) is 0 Å². The van der Waals surface area contributed by atoms with E-state index < -0.39 is 11.6 Å². The zero-order valence-electron chi connectivity index (χ0n) is 10.1. The first-order valence-corrected chi connectivity index (χ1v) is 6.67. The fraction of sp³-hybridized carbons (Fsp3) is 0.500. The van der Waals surface area contributed by atoms with Crippen LogP contribution in [0.5, 0.6) is 5.75 Å². The summed E-state index contributed by atoms with van der Waals surface area (Å²) >= 11 is 1.67. The minimum absolute atomic E-state index is 0.276. The molecule has 1 aromatic rings. The second-order valence-corrected chi connectivity index (χ2v) is 4.86. The number of halogens is 2. The highest BCUT2D eigenvalue weighted by Crippen LogP contribution is 2.23. The van der Waals surface area contributed by atoms with Crippen LogP contribution in [-0.2, 0) is 6.54 Å². The standard InChI is InChI=1S/C12H17F2NOS/c1-3-17-5-4-16-12-10(13)6-9(8-15-2)7-11(12)14/h6-7,15H,3-5,8H2,1-2H3. The molecule has 96 valence electrons. The molecule has 0 aliphatic heterocycles. The van der Waals surface area contributed by atoms with Crippen molar-refractivity contribution in [2.24, 2.45) is 0 Å². The van der Waals surface area contributed by atoms with Crippen LogP contribution < -0.4 is 10.1 Å². The fourth-order valence-electron chi connectivity index (χ4n) is 1.40. The first kappa shape index (κ1) is 14.3. The third-order valence-electron chi connectivity index (χ3n) is 2.12. The van der Waals surface area contributed by atoms with Gasteiger partial charge in [-0.2, -0.15) is 11.8 Å². The van der Waals surface area contributed by atoms with Crippen LogP contribution >= 0.6 is 11.8 Å². The van der Waals surface area contributed by atoms with Crippen LogP contribution in [-0.4, -0.2) is 25.2 Å². The molecule has 0 bridgehead atoms. The third kappa shape index (κ3) is 4.52. The van der Waals surface area contributed by atoms with Crippen LogP contribution in [0.1, 0.15) is 12.5 Å². The van der Waals surface area contributed by atoms with Crippen molar-refractivity contribution in [3.05, 3.63) is 29.3 Å². The largest absolute Gasteiger partial charge is 0.487 e. The molecule has 0 atom stereocenters. The van der Waals surface area contributed by atoms with E-state index in [4.69, 9.17) is 4.74 Å². The van der Waals surface area contributed by atoms with Crippen LogP contribution in [0.3, 0.4) is 0 Å². The minimum atomic E-state index is -0.642. The van der Waals surface area contributed by atoms with E-state index in [1.165, 1.54) is 12.1 Å². The van der Waals surface area contributed by atoms with Gasteiger partial charge in [-0.15, -0.1) is 0 Å². The van der Waals surface area contributed by atoms with Crippen LogP contribution in [0.4, 0.5) is 8.78 Å². The Bertz CT molecular complexity index is 337. The summed E-state index contributed by atoms with van der Waals surface area (Å²) < 4.78 is 32.2. The molecule has 5 heteroatoms. The van der Waals surface area contributed by atoms with Gasteiger partial charge in [-0.25, -0.2) is 8.78 Å². The Morgan fingerprint density at radius 2 is 1.94 bits per heavy atom. The van der Waals surface area contributed by atoms with Crippen molar-refractivity contribution in [2.75, 3.05) is 25.2 Å². The number of hydrogen-bond acceptors (Lipinski definition) is 3. The quantitative estimate of drug-likeness (QED) is 0.763.